The van der Waals surface area contributed by atoms with Crippen molar-refractivity contribution in [3.8, 4) is 11.5 Å². The fraction of sp³-hybridized carbons (Fsp3) is 0.143. The lowest BCUT2D eigenvalue weighted by molar-refractivity contribution is 0.438. The maximum atomic E-state index is 13.7. The summed E-state index contributed by atoms with van der Waals surface area (Å²) in [4.78, 5) is 0. The SMILES string of the molecule is NCCc1ccccc1Oc1cccc(Cl)c1F. The van der Waals surface area contributed by atoms with E-state index < -0.39 is 5.82 Å². The third kappa shape index (κ3) is 2.81. The van der Waals surface area contributed by atoms with Gasteiger partial charge in [-0.2, -0.15) is 0 Å². The Morgan fingerprint density at radius 1 is 1.06 bits per heavy atom. The van der Waals surface area contributed by atoms with Crippen LogP contribution in [0.1, 0.15) is 5.56 Å². The Kier molecular flexibility index (Phi) is 4.18. The van der Waals surface area contributed by atoms with Crippen molar-refractivity contribution in [1.29, 1.82) is 0 Å². The van der Waals surface area contributed by atoms with E-state index in [9.17, 15) is 4.39 Å². The first-order valence-electron chi connectivity index (χ1n) is 5.62. The molecule has 2 N–H and O–H groups in total. The molecule has 18 heavy (non-hydrogen) atoms. The summed E-state index contributed by atoms with van der Waals surface area (Å²) in [7, 11) is 0. The number of nitrogens with two attached hydrogens (primary N) is 1. The molecule has 0 atom stereocenters. The smallest absolute Gasteiger partial charge is 0.184 e. The van der Waals surface area contributed by atoms with Gasteiger partial charge in [-0.25, -0.2) is 4.39 Å². The predicted molar refractivity (Wildman–Crippen MR) is 70.7 cm³/mol. The molecule has 0 unspecified atom stereocenters. The van der Waals surface area contributed by atoms with Crippen LogP contribution in [0.5, 0.6) is 11.5 Å². The van der Waals surface area contributed by atoms with Gasteiger partial charge < -0.3 is 10.5 Å². The first kappa shape index (κ1) is 12.9. The fourth-order valence-corrected chi connectivity index (χ4v) is 1.81. The zero-order chi connectivity index (χ0) is 13.0. The van der Waals surface area contributed by atoms with E-state index in [0.717, 1.165) is 5.56 Å². The van der Waals surface area contributed by atoms with Gasteiger partial charge in [0, 0.05) is 0 Å². The number of halogens is 2. The average Bonchev–Trinajstić information content (AvgIpc) is 2.37. The number of hydrogen-bond donors (Lipinski definition) is 1. The minimum atomic E-state index is -0.554. The Morgan fingerprint density at radius 2 is 1.78 bits per heavy atom. The second kappa shape index (κ2) is 5.85. The van der Waals surface area contributed by atoms with E-state index in [4.69, 9.17) is 22.1 Å². The quantitative estimate of drug-likeness (QED) is 0.913. The number of para-hydroxylation sites is 1. The summed E-state index contributed by atoms with van der Waals surface area (Å²) < 4.78 is 19.3. The molecule has 0 spiro atoms. The van der Waals surface area contributed by atoms with Gasteiger partial charge in [0.25, 0.3) is 0 Å². The van der Waals surface area contributed by atoms with Crippen molar-refractivity contribution in [3.05, 3.63) is 58.9 Å². The third-order valence-corrected chi connectivity index (χ3v) is 2.81. The number of rotatable bonds is 4. The Morgan fingerprint density at radius 3 is 2.56 bits per heavy atom. The van der Waals surface area contributed by atoms with Crippen LogP contribution in [0, 0.1) is 5.82 Å². The lowest BCUT2D eigenvalue weighted by atomic mass is 10.1. The molecule has 0 saturated carbocycles. The van der Waals surface area contributed by atoms with Crippen LogP contribution in [0.25, 0.3) is 0 Å². The highest BCUT2D eigenvalue weighted by Crippen LogP contribution is 2.30. The molecule has 0 aromatic heterocycles. The lowest BCUT2D eigenvalue weighted by Crippen LogP contribution is -2.04. The molecule has 2 rings (SSSR count). The molecule has 2 aromatic rings. The fourth-order valence-electron chi connectivity index (χ4n) is 1.65. The van der Waals surface area contributed by atoms with Crippen LogP contribution in [-0.4, -0.2) is 6.54 Å². The Labute approximate surface area is 110 Å². The average molecular weight is 266 g/mol. The summed E-state index contributed by atoms with van der Waals surface area (Å²) in [6.45, 7) is 0.512. The Bertz CT molecular complexity index is 545. The van der Waals surface area contributed by atoms with E-state index in [0.29, 0.717) is 18.7 Å². The van der Waals surface area contributed by atoms with Gasteiger partial charge in [-0.1, -0.05) is 35.9 Å². The molecule has 0 heterocycles. The monoisotopic (exact) mass is 265 g/mol. The number of benzene rings is 2. The molecule has 0 bridgehead atoms. The summed E-state index contributed by atoms with van der Waals surface area (Å²) in [5.74, 6) is 0.165. The third-order valence-electron chi connectivity index (χ3n) is 2.52. The molecule has 0 radical (unpaired) electrons. The number of ether oxygens (including phenoxy) is 1. The molecule has 0 fully saturated rings. The van der Waals surface area contributed by atoms with Crippen LogP contribution >= 0.6 is 11.6 Å². The molecule has 2 aromatic carbocycles. The molecule has 94 valence electrons. The van der Waals surface area contributed by atoms with E-state index in [1.54, 1.807) is 18.2 Å². The Balaban J connectivity index is 2.31. The molecule has 0 aliphatic rings. The van der Waals surface area contributed by atoms with Crippen molar-refractivity contribution in [2.24, 2.45) is 5.73 Å². The summed E-state index contributed by atoms with van der Waals surface area (Å²) >= 11 is 5.71. The van der Waals surface area contributed by atoms with Gasteiger partial charge in [-0.3, -0.25) is 0 Å². The predicted octanol–water partition coefficient (Wildman–Crippen LogP) is 3.77. The topological polar surface area (TPSA) is 35.2 Å². The molecular weight excluding hydrogens is 253 g/mol. The van der Waals surface area contributed by atoms with Gasteiger partial charge >= 0.3 is 0 Å². The van der Waals surface area contributed by atoms with Crippen LogP contribution in [0.3, 0.4) is 0 Å². The molecule has 0 saturated heterocycles. The maximum Gasteiger partial charge on any atom is 0.184 e. The lowest BCUT2D eigenvalue weighted by Gasteiger charge is -2.11. The summed E-state index contributed by atoms with van der Waals surface area (Å²) in [6, 6.07) is 12.1. The normalized spacial score (nSPS) is 10.4. The van der Waals surface area contributed by atoms with Gasteiger partial charge in [-0.05, 0) is 36.7 Å². The van der Waals surface area contributed by atoms with E-state index in [1.165, 1.54) is 6.07 Å². The van der Waals surface area contributed by atoms with Gasteiger partial charge in [0.05, 0.1) is 5.02 Å². The standard InChI is InChI=1S/C14H13ClFNO/c15-11-5-3-7-13(14(11)16)18-12-6-2-1-4-10(12)8-9-17/h1-7H,8-9,17H2. The van der Waals surface area contributed by atoms with Gasteiger partial charge in [0.2, 0.25) is 0 Å². The Hall–Kier alpha value is -1.58. The van der Waals surface area contributed by atoms with Crippen molar-refractivity contribution >= 4 is 11.6 Å². The van der Waals surface area contributed by atoms with Crippen LogP contribution in [0.2, 0.25) is 5.02 Å². The van der Waals surface area contributed by atoms with Crippen molar-refractivity contribution in [1.82, 2.24) is 0 Å². The van der Waals surface area contributed by atoms with Crippen molar-refractivity contribution < 1.29 is 9.13 Å². The molecule has 4 heteroatoms. The number of hydrogen-bond acceptors (Lipinski definition) is 2. The van der Waals surface area contributed by atoms with Gasteiger partial charge in [0.15, 0.2) is 11.6 Å². The van der Waals surface area contributed by atoms with Crippen molar-refractivity contribution in [2.45, 2.75) is 6.42 Å². The highest BCUT2D eigenvalue weighted by atomic mass is 35.5. The van der Waals surface area contributed by atoms with E-state index in [-0.39, 0.29) is 10.8 Å². The van der Waals surface area contributed by atoms with Crippen molar-refractivity contribution in [2.75, 3.05) is 6.54 Å². The molecule has 2 nitrogen and oxygen atoms in total. The highest BCUT2D eigenvalue weighted by molar-refractivity contribution is 6.30. The van der Waals surface area contributed by atoms with Crippen molar-refractivity contribution in [3.63, 3.8) is 0 Å². The van der Waals surface area contributed by atoms with Crippen LogP contribution in [0.4, 0.5) is 4.39 Å². The first-order chi connectivity index (χ1) is 8.72. The van der Waals surface area contributed by atoms with Gasteiger partial charge in [-0.15, -0.1) is 0 Å². The van der Waals surface area contributed by atoms with Crippen LogP contribution in [-0.2, 0) is 6.42 Å². The maximum absolute atomic E-state index is 13.7. The van der Waals surface area contributed by atoms with E-state index in [1.807, 2.05) is 18.2 Å². The summed E-state index contributed by atoms with van der Waals surface area (Å²) in [6.07, 6.45) is 0.679. The first-order valence-corrected chi connectivity index (χ1v) is 6.00. The minimum Gasteiger partial charge on any atom is -0.454 e. The van der Waals surface area contributed by atoms with Gasteiger partial charge in [0.1, 0.15) is 5.75 Å². The summed E-state index contributed by atoms with van der Waals surface area (Å²) in [5.41, 5.74) is 6.47. The van der Waals surface area contributed by atoms with E-state index in [2.05, 4.69) is 0 Å². The second-order valence-corrected chi connectivity index (χ2v) is 4.21. The molecule has 0 aliphatic heterocycles. The molecular formula is C14H13ClFNO. The van der Waals surface area contributed by atoms with Crippen LogP contribution < -0.4 is 10.5 Å². The largest absolute Gasteiger partial charge is 0.454 e. The van der Waals surface area contributed by atoms with E-state index >= 15 is 0 Å². The molecule has 0 aliphatic carbocycles. The zero-order valence-corrected chi connectivity index (χ0v) is 10.5. The summed E-state index contributed by atoms with van der Waals surface area (Å²) in [5, 5.41) is 0.0452. The minimum absolute atomic E-state index is 0.0452. The zero-order valence-electron chi connectivity index (χ0n) is 9.70. The second-order valence-electron chi connectivity index (χ2n) is 3.80. The molecule has 0 amide bonds. The highest BCUT2D eigenvalue weighted by Gasteiger charge is 2.10. The van der Waals surface area contributed by atoms with Crippen LogP contribution in [0.15, 0.2) is 42.5 Å².